The van der Waals surface area contributed by atoms with Crippen LogP contribution in [0.1, 0.15) is 94.6 Å². The van der Waals surface area contributed by atoms with E-state index in [1.54, 1.807) is 18.2 Å². The molecule has 0 atom stereocenters. The van der Waals surface area contributed by atoms with Gasteiger partial charge in [0.25, 0.3) is 0 Å². The highest BCUT2D eigenvalue weighted by Crippen LogP contribution is 2.35. The maximum atomic E-state index is 14.7. The van der Waals surface area contributed by atoms with E-state index in [1.165, 1.54) is 32.1 Å². The van der Waals surface area contributed by atoms with Crippen molar-refractivity contribution in [2.24, 2.45) is 0 Å². The molecule has 0 aliphatic heterocycles. The molecular weight excluding hydrogens is 393 g/mol. The summed E-state index contributed by atoms with van der Waals surface area (Å²) in [5.74, 6) is -1.23. The normalized spacial score (nSPS) is 19.2. The molecule has 0 unspecified atom stereocenters. The summed E-state index contributed by atoms with van der Waals surface area (Å²) < 4.78 is 42.7. The molecule has 0 spiro atoms. The van der Waals surface area contributed by atoms with Gasteiger partial charge < -0.3 is 0 Å². The molecule has 1 aliphatic rings. The van der Waals surface area contributed by atoms with E-state index >= 15 is 0 Å². The van der Waals surface area contributed by atoms with E-state index in [4.69, 9.17) is 0 Å². The van der Waals surface area contributed by atoms with E-state index in [9.17, 15) is 13.2 Å². The number of hydrogen-bond acceptors (Lipinski definition) is 0. The molecule has 0 aromatic heterocycles. The largest absolute Gasteiger partial charge is 0.247 e. The molecule has 3 rings (SSSR count). The summed E-state index contributed by atoms with van der Waals surface area (Å²) >= 11 is 0. The molecule has 0 nitrogen and oxygen atoms in total. The summed E-state index contributed by atoms with van der Waals surface area (Å²) in [7, 11) is 0. The third kappa shape index (κ3) is 6.72. The second-order valence-electron chi connectivity index (χ2n) is 8.86. The lowest BCUT2D eigenvalue weighted by Gasteiger charge is -2.24. The van der Waals surface area contributed by atoms with Gasteiger partial charge in [0.1, 0.15) is 6.17 Å². The van der Waals surface area contributed by atoms with Gasteiger partial charge >= 0.3 is 0 Å². The fourth-order valence-corrected chi connectivity index (χ4v) is 4.49. The predicted molar refractivity (Wildman–Crippen MR) is 125 cm³/mol. The third-order valence-electron chi connectivity index (χ3n) is 6.48. The van der Waals surface area contributed by atoms with E-state index in [-0.39, 0.29) is 5.56 Å². The minimum atomic E-state index is -0.799. The number of benzene rings is 2. The fourth-order valence-electron chi connectivity index (χ4n) is 4.49. The zero-order valence-corrected chi connectivity index (χ0v) is 18.7. The second-order valence-corrected chi connectivity index (χ2v) is 8.86. The summed E-state index contributed by atoms with van der Waals surface area (Å²) in [5.41, 5.74) is 2.41. The zero-order chi connectivity index (χ0) is 22.1. The Balaban J connectivity index is 1.59. The first-order valence-electron chi connectivity index (χ1n) is 12.0. The van der Waals surface area contributed by atoms with Crippen LogP contribution in [-0.4, -0.2) is 6.17 Å². The molecule has 1 aliphatic carbocycles. The van der Waals surface area contributed by atoms with E-state index < -0.39 is 17.8 Å². The number of alkyl halides is 1. The van der Waals surface area contributed by atoms with Gasteiger partial charge in [0.15, 0.2) is 11.6 Å². The summed E-state index contributed by atoms with van der Waals surface area (Å²) in [6, 6.07) is 11.0. The molecule has 0 radical (unpaired) electrons. The smallest absolute Gasteiger partial charge is 0.167 e. The molecule has 31 heavy (non-hydrogen) atoms. The Bertz CT molecular complexity index is 830. The molecule has 0 heterocycles. The van der Waals surface area contributed by atoms with Crippen molar-refractivity contribution in [3.8, 4) is 11.1 Å². The van der Waals surface area contributed by atoms with Crippen molar-refractivity contribution in [3.63, 3.8) is 0 Å². The SMILES string of the molecule is CCCCCCCCC=Cc1ccc(-c2ccc([C@H]3CC[C@H](F)CC3)cc2)c(F)c1F. The first kappa shape index (κ1) is 23.6. The van der Waals surface area contributed by atoms with E-state index in [0.717, 1.165) is 31.2 Å². The molecule has 0 amide bonds. The molecule has 2 aromatic rings. The van der Waals surface area contributed by atoms with Crippen molar-refractivity contribution in [2.75, 3.05) is 0 Å². The van der Waals surface area contributed by atoms with Crippen molar-refractivity contribution in [1.82, 2.24) is 0 Å². The minimum Gasteiger partial charge on any atom is -0.247 e. The first-order valence-corrected chi connectivity index (χ1v) is 12.0. The van der Waals surface area contributed by atoms with Crippen LogP contribution in [-0.2, 0) is 0 Å². The van der Waals surface area contributed by atoms with Crippen LogP contribution in [0.15, 0.2) is 42.5 Å². The Morgan fingerprint density at radius 3 is 2.19 bits per heavy atom. The van der Waals surface area contributed by atoms with Gasteiger partial charge in [-0.3, -0.25) is 0 Å². The number of hydrogen-bond donors (Lipinski definition) is 0. The summed E-state index contributed by atoms with van der Waals surface area (Å²) in [6.45, 7) is 2.21. The Morgan fingerprint density at radius 2 is 1.48 bits per heavy atom. The number of halogens is 3. The molecule has 1 fully saturated rings. The molecule has 0 bridgehead atoms. The fraction of sp³-hybridized carbons (Fsp3) is 0.500. The summed E-state index contributed by atoms with van der Waals surface area (Å²) in [5, 5.41) is 0. The van der Waals surface area contributed by atoms with Gasteiger partial charge in [-0.25, -0.2) is 13.2 Å². The van der Waals surface area contributed by atoms with E-state index in [2.05, 4.69) is 6.92 Å². The standard InChI is InChI=1S/C28H35F3/c1-2-3-4-5-6-7-8-9-10-24-17-20-26(28(31)27(24)30)23-13-11-21(12-14-23)22-15-18-25(29)19-16-22/h9-14,17,20,22,25H,2-8,15-16,18-19H2,1H3/t22-,25-. The Kier molecular flexibility index (Phi) is 9.24. The second kappa shape index (κ2) is 12.1. The monoisotopic (exact) mass is 428 g/mol. The van der Waals surface area contributed by atoms with Crippen LogP contribution in [0, 0.1) is 11.6 Å². The number of allylic oxidation sites excluding steroid dienone is 1. The molecule has 3 heteroatoms. The van der Waals surface area contributed by atoms with E-state index in [0.29, 0.717) is 29.9 Å². The van der Waals surface area contributed by atoms with Crippen molar-refractivity contribution in [2.45, 2.75) is 89.6 Å². The Hall–Kier alpha value is -2.03. The van der Waals surface area contributed by atoms with Crippen LogP contribution in [0.4, 0.5) is 13.2 Å². The molecule has 1 saturated carbocycles. The highest BCUT2D eigenvalue weighted by atomic mass is 19.2. The van der Waals surface area contributed by atoms with Gasteiger partial charge in [0.05, 0.1) is 0 Å². The number of rotatable bonds is 10. The van der Waals surface area contributed by atoms with Crippen molar-refractivity contribution < 1.29 is 13.2 Å². The average Bonchev–Trinajstić information content (AvgIpc) is 2.79. The van der Waals surface area contributed by atoms with Gasteiger partial charge in [0.2, 0.25) is 0 Å². The van der Waals surface area contributed by atoms with Crippen molar-refractivity contribution in [1.29, 1.82) is 0 Å². The molecular formula is C28H35F3. The van der Waals surface area contributed by atoms with Gasteiger partial charge in [-0.15, -0.1) is 0 Å². The minimum absolute atomic E-state index is 0.282. The topological polar surface area (TPSA) is 0 Å². The quantitative estimate of drug-likeness (QED) is 0.331. The van der Waals surface area contributed by atoms with Crippen molar-refractivity contribution >= 4 is 6.08 Å². The maximum Gasteiger partial charge on any atom is 0.167 e. The van der Waals surface area contributed by atoms with Crippen LogP contribution in [0.5, 0.6) is 0 Å². The highest BCUT2D eigenvalue weighted by Gasteiger charge is 2.22. The van der Waals surface area contributed by atoms with Crippen LogP contribution in [0.25, 0.3) is 17.2 Å². The van der Waals surface area contributed by atoms with E-state index in [1.807, 2.05) is 30.3 Å². The predicted octanol–water partition coefficient (Wildman–Crippen LogP) is 9.39. The van der Waals surface area contributed by atoms with Crippen LogP contribution >= 0.6 is 0 Å². The van der Waals surface area contributed by atoms with Crippen LogP contribution < -0.4 is 0 Å². The highest BCUT2D eigenvalue weighted by molar-refractivity contribution is 5.67. The molecule has 0 N–H and O–H groups in total. The molecule has 2 aromatic carbocycles. The van der Waals surface area contributed by atoms with Crippen molar-refractivity contribution in [3.05, 3.63) is 65.2 Å². The van der Waals surface area contributed by atoms with Gasteiger partial charge in [-0.2, -0.15) is 0 Å². The average molecular weight is 429 g/mol. The first-order chi connectivity index (χ1) is 15.1. The lowest BCUT2D eigenvalue weighted by atomic mass is 9.83. The lowest BCUT2D eigenvalue weighted by Crippen LogP contribution is -2.13. The zero-order valence-electron chi connectivity index (χ0n) is 18.7. The summed E-state index contributed by atoms with van der Waals surface area (Å²) in [6.07, 6.45) is 14.1. The van der Waals surface area contributed by atoms with Gasteiger partial charge in [-0.05, 0) is 55.6 Å². The maximum absolute atomic E-state index is 14.7. The Labute approximate surface area is 185 Å². The number of unbranched alkanes of at least 4 members (excludes halogenated alkanes) is 6. The van der Waals surface area contributed by atoms with Gasteiger partial charge in [0, 0.05) is 11.1 Å². The third-order valence-corrected chi connectivity index (χ3v) is 6.48. The Morgan fingerprint density at radius 1 is 0.806 bits per heavy atom. The summed E-state index contributed by atoms with van der Waals surface area (Å²) in [4.78, 5) is 0. The molecule has 0 saturated heterocycles. The molecule has 168 valence electrons. The lowest BCUT2D eigenvalue weighted by molar-refractivity contribution is 0.235. The van der Waals surface area contributed by atoms with Gasteiger partial charge in [-0.1, -0.05) is 87.6 Å². The van der Waals surface area contributed by atoms with Crippen LogP contribution in [0.3, 0.4) is 0 Å². The van der Waals surface area contributed by atoms with Crippen LogP contribution in [0.2, 0.25) is 0 Å².